The van der Waals surface area contributed by atoms with Crippen LogP contribution in [-0.4, -0.2) is 36.2 Å². The molecule has 4 heteroatoms. The first-order valence-electron chi connectivity index (χ1n) is 7.06. The third-order valence-electron chi connectivity index (χ3n) is 3.66. The van der Waals surface area contributed by atoms with Crippen LogP contribution in [0.1, 0.15) is 16.3 Å². The van der Waals surface area contributed by atoms with E-state index < -0.39 is 0 Å². The summed E-state index contributed by atoms with van der Waals surface area (Å²) in [6.45, 7) is 8.91. The Morgan fingerprint density at radius 2 is 1.95 bits per heavy atom. The minimum atomic E-state index is 0.848. The minimum Gasteiger partial charge on any atom is -0.379 e. The largest absolute Gasteiger partial charge is 0.379 e. The summed E-state index contributed by atoms with van der Waals surface area (Å²) >= 11 is 1.79. The molecule has 1 aromatic heterocycles. The van der Waals surface area contributed by atoms with Gasteiger partial charge in [-0.2, -0.15) is 0 Å². The van der Waals surface area contributed by atoms with Crippen LogP contribution in [0.3, 0.4) is 0 Å². The number of benzene rings is 1. The van der Waals surface area contributed by atoms with Gasteiger partial charge < -0.3 is 4.74 Å². The number of morpholine rings is 1. The number of ether oxygens (including phenoxy) is 1. The Bertz CT molecular complexity index is 588. The van der Waals surface area contributed by atoms with Gasteiger partial charge in [-0.1, -0.05) is 24.3 Å². The summed E-state index contributed by atoms with van der Waals surface area (Å²) in [5.74, 6) is 0. The molecule has 0 atom stereocenters. The van der Waals surface area contributed by atoms with Crippen molar-refractivity contribution < 1.29 is 4.74 Å². The SMILES string of the molecule is Cc1nc(C)c(-c2ccccc2CN2CCOCC2)s1. The average molecular weight is 288 g/mol. The van der Waals surface area contributed by atoms with E-state index in [0.717, 1.165) is 43.5 Å². The van der Waals surface area contributed by atoms with E-state index in [9.17, 15) is 0 Å². The van der Waals surface area contributed by atoms with E-state index in [1.54, 1.807) is 11.3 Å². The van der Waals surface area contributed by atoms with Crippen molar-refractivity contribution in [3.8, 4) is 10.4 Å². The lowest BCUT2D eigenvalue weighted by Gasteiger charge is -2.27. The molecule has 0 N–H and O–H groups in total. The molecule has 3 rings (SSSR count). The zero-order valence-electron chi connectivity index (χ0n) is 12.1. The third kappa shape index (κ3) is 2.92. The Labute approximate surface area is 124 Å². The smallest absolute Gasteiger partial charge is 0.0903 e. The van der Waals surface area contributed by atoms with E-state index in [0.29, 0.717) is 0 Å². The van der Waals surface area contributed by atoms with E-state index >= 15 is 0 Å². The van der Waals surface area contributed by atoms with Gasteiger partial charge in [0, 0.05) is 19.6 Å². The van der Waals surface area contributed by atoms with E-state index in [1.807, 2.05) is 0 Å². The van der Waals surface area contributed by atoms with Gasteiger partial charge in [0.2, 0.25) is 0 Å². The van der Waals surface area contributed by atoms with Gasteiger partial charge in [0.15, 0.2) is 0 Å². The molecule has 2 aromatic rings. The minimum absolute atomic E-state index is 0.848. The predicted molar refractivity (Wildman–Crippen MR) is 83.1 cm³/mol. The molecule has 0 spiro atoms. The van der Waals surface area contributed by atoms with E-state index in [2.05, 4.69) is 48.0 Å². The lowest BCUT2D eigenvalue weighted by Crippen LogP contribution is -2.35. The predicted octanol–water partition coefficient (Wildman–Crippen LogP) is 3.26. The first-order valence-corrected chi connectivity index (χ1v) is 7.88. The molecule has 0 radical (unpaired) electrons. The second kappa shape index (κ2) is 6.04. The fourth-order valence-corrected chi connectivity index (χ4v) is 3.64. The molecule has 1 aromatic carbocycles. The Kier molecular flexibility index (Phi) is 4.15. The van der Waals surface area contributed by atoms with Crippen molar-refractivity contribution in [2.24, 2.45) is 0 Å². The van der Waals surface area contributed by atoms with Crippen LogP contribution in [0.15, 0.2) is 24.3 Å². The van der Waals surface area contributed by atoms with Crippen molar-refractivity contribution >= 4 is 11.3 Å². The molecular formula is C16H20N2OS. The summed E-state index contributed by atoms with van der Waals surface area (Å²) in [5.41, 5.74) is 3.87. The number of hydrogen-bond donors (Lipinski definition) is 0. The van der Waals surface area contributed by atoms with Crippen molar-refractivity contribution in [2.75, 3.05) is 26.3 Å². The number of hydrogen-bond acceptors (Lipinski definition) is 4. The van der Waals surface area contributed by atoms with Crippen LogP contribution in [-0.2, 0) is 11.3 Å². The molecule has 0 aliphatic carbocycles. The third-order valence-corrected chi connectivity index (χ3v) is 4.77. The zero-order valence-corrected chi connectivity index (χ0v) is 12.9. The highest BCUT2D eigenvalue weighted by molar-refractivity contribution is 7.15. The van der Waals surface area contributed by atoms with Gasteiger partial charge in [-0.05, 0) is 25.0 Å². The molecule has 0 unspecified atom stereocenters. The van der Waals surface area contributed by atoms with Gasteiger partial charge in [-0.15, -0.1) is 11.3 Å². The Morgan fingerprint density at radius 1 is 1.20 bits per heavy atom. The average Bonchev–Trinajstić information content (AvgIpc) is 2.79. The summed E-state index contributed by atoms with van der Waals surface area (Å²) < 4.78 is 5.43. The molecule has 106 valence electrons. The van der Waals surface area contributed by atoms with Crippen LogP contribution < -0.4 is 0 Å². The maximum Gasteiger partial charge on any atom is 0.0903 e. The second-order valence-electron chi connectivity index (χ2n) is 5.19. The van der Waals surface area contributed by atoms with Crippen LogP contribution >= 0.6 is 11.3 Å². The van der Waals surface area contributed by atoms with Gasteiger partial charge in [-0.3, -0.25) is 4.90 Å². The van der Waals surface area contributed by atoms with Crippen molar-refractivity contribution in [3.05, 3.63) is 40.5 Å². The molecule has 1 fully saturated rings. The molecule has 0 bridgehead atoms. The Morgan fingerprint density at radius 3 is 2.65 bits per heavy atom. The molecule has 1 aliphatic rings. The fraction of sp³-hybridized carbons (Fsp3) is 0.438. The maximum atomic E-state index is 5.43. The number of rotatable bonds is 3. The van der Waals surface area contributed by atoms with E-state index in [-0.39, 0.29) is 0 Å². The fourth-order valence-electron chi connectivity index (χ4n) is 2.66. The van der Waals surface area contributed by atoms with Crippen LogP contribution in [0.4, 0.5) is 0 Å². The monoisotopic (exact) mass is 288 g/mol. The lowest BCUT2D eigenvalue weighted by atomic mass is 10.0. The highest BCUT2D eigenvalue weighted by Crippen LogP contribution is 2.32. The number of aryl methyl sites for hydroxylation is 2. The summed E-state index contributed by atoms with van der Waals surface area (Å²) in [4.78, 5) is 8.34. The molecule has 20 heavy (non-hydrogen) atoms. The summed E-state index contributed by atoms with van der Waals surface area (Å²) in [7, 11) is 0. The molecule has 0 saturated carbocycles. The molecule has 0 amide bonds. The quantitative estimate of drug-likeness (QED) is 0.867. The number of nitrogens with zero attached hydrogens (tertiary/aromatic N) is 2. The van der Waals surface area contributed by atoms with Gasteiger partial charge >= 0.3 is 0 Å². The van der Waals surface area contributed by atoms with Crippen molar-refractivity contribution in [3.63, 3.8) is 0 Å². The Balaban J connectivity index is 1.89. The van der Waals surface area contributed by atoms with Crippen LogP contribution in [0.5, 0.6) is 0 Å². The number of thiazole rings is 1. The molecular weight excluding hydrogens is 268 g/mol. The summed E-state index contributed by atoms with van der Waals surface area (Å²) in [6, 6.07) is 8.70. The first kappa shape index (κ1) is 13.7. The van der Waals surface area contributed by atoms with E-state index in [4.69, 9.17) is 4.74 Å². The summed E-state index contributed by atoms with van der Waals surface area (Å²) in [5, 5.41) is 1.14. The van der Waals surface area contributed by atoms with Crippen molar-refractivity contribution in [1.29, 1.82) is 0 Å². The zero-order chi connectivity index (χ0) is 13.9. The van der Waals surface area contributed by atoms with Crippen LogP contribution in [0, 0.1) is 13.8 Å². The van der Waals surface area contributed by atoms with Crippen molar-refractivity contribution in [1.82, 2.24) is 9.88 Å². The van der Waals surface area contributed by atoms with Gasteiger partial charge in [-0.25, -0.2) is 4.98 Å². The standard InChI is InChI=1S/C16H20N2OS/c1-12-16(20-13(2)17-12)15-6-4-3-5-14(15)11-18-7-9-19-10-8-18/h3-6H,7-11H2,1-2H3. The molecule has 1 saturated heterocycles. The van der Waals surface area contributed by atoms with Gasteiger partial charge in [0.05, 0.1) is 28.8 Å². The lowest BCUT2D eigenvalue weighted by molar-refractivity contribution is 0.0342. The van der Waals surface area contributed by atoms with E-state index in [1.165, 1.54) is 16.0 Å². The number of aromatic nitrogens is 1. The molecule has 3 nitrogen and oxygen atoms in total. The molecule has 2 heterocycles. The topological polar surface area (TPSA) is 25.4 Å². The maximum absolute atomic E-state index is 5.43. The first-order chi connectivity index (χ1) is 9.74. The highest BCUT2D eigenvalue weighted by Gasteiger charge is 2.15. The van der Waals surface area contributed by atoms with Crippen LogP contribution in [0.2, 0.25) is 0 Å². The van der Waals surface area contributed by atoms with Gasteiger partial charge in [0.1, 0.15) is 0 Å². The van der Waals surface area contributed by atoms with Gasteiger partial charge in [0.25, 0.3) is 0 Å². The highest BCUT2D eigenvalue weighted by atomic mass is 32.1. The molecule has 1 aliphatic heterocycles. The Hall–Kier alpha value is -1.23. The van der Waals surface area contributed by atoms with Crippen LogP contribution in [0.25, 0.3) is 10.4 Å². The second-order valence-corrected chi connectivity index (χ2v) is 6.40. The summed E-state index contributed by atoms with van der Waals surface area (Å²) in [6.07, 6.45) is 0. The normalized spacial score (nSPS) is 16.5. The van der Waals surface area contributed by atoms with Crippen molar-refractivity contribution in [2.45, 2.75) is 20.4 Å².